The molecule has 39 heavy (non-hydrogen) atoms. The highest BCUT2D eigenvalue weighted by Crippen LogP contribution is 2.43. The van der Waals surface area contributed by atoms with Crippen LogP contribution in [0.1, 0.15) is 66.4 Å². The molecule has 0 spiro atoms. The molecule has 9 nitrogen and oxygen atoms in total. The van der Waals surface area contributed by atoms with Gasteiger partial charge >= 0.3 is 5.97 Å². The number of esters is 1. The predicted molar refractivity (Wildman–Crippen MR) is 144 cm³/mol. The van der Waals surface area contributed by atoms with E-state index in [4.69, 9.17) is 19.9 Å². The Bertz CT molecular complexity index is 1430. The Hall–Kier alpha value is -4.84. The number of non-ortho nitro benzene ring substituents is 1. The molecule has 3 aromatic rings. The molecule has 0 radical (unpaired) electrons. The smallest absolute Gasteiger partial charge is 0.343 e. The first-order valence-electron chi connectivity index (χ1n) is 12.8. The minimum atomic E-state index is -0.756. The third-order valence-corrected chi connectivity index (χ3v) is 6.42. The summed E-state index contributed by atoms with van der Waals surface area (Å²) in [6, 6.07) is 19.8. The van der Waals surface area contributed by atoms with E-state index < -0.39 is 16.8 Å². The number of nitro benzene ring substituents is 1. The second kappa shape index (κ2) is 12.6. The molecule has 1 aliphatic rings. The normalized spacial score (nSPS) is 14.1. The van der Waals surface area contributed by atoms with Gasteiger partial charge in [-0.1, -0.05) is 56.9 Å². The van der Waals surface area contributed by atoms with E-state index >= 15 is 0 Å². The molecular weight excluding hydrogens is 498 g/mol. The largest absolute Gasteiger partial charge is 0.494 e. The molecule has 200 valence electrons. The van der Waals surface area contributed by atoms with Gasteiger partial charge in [0.15, 0.2) is 0 Å². The van der Waals surface area contributed by atoms with Gasteiger partial charge in [0, 0.05) is 23.8 Å². The second-order valence-electron chi connectivity index (χ2n) is 9.15. The molecule has 0 aromatic heterocycles. The Labute approximate surface area is 226 Å². The van der Waals surface area contributed by atoms with Crippen molar-refractivity contribution < 1.29 is 23.9 Å². The van der Waals surface area contributed by atoms with E-state index in [9.17, 15) is 20.2 Å². The number of nitriles is 1. The molecule has 0 saturated carbocycles. The zero-order chi connectivity index (χ0) is 27.8. The number of nitro groups is 1. The van der Waals surface area contributed by atoms with E-state index in [0.29, 0.717) is 17.9 Å². The van der Waals surface area contributed by atoms with Crippen LogP contribution in [0.25, 0.3) is 0 Å². The van der Waals surface area contributed by atoms with Crippen molar-refractivity contribution in [2.75, 3.05) is 6.61 Å². The number of ether oxygens (including phenoxy) is 3. The fourth-order valence-electron chi connectivity index (χ4n) is 4.41. The fraction of sp³-hybridized carbons (Fsp3) is 0.267. The molecule has 1 atom stereocenters. The molecular formula is C30H29N3O6. The Kier molecular flexibility index (Phi) is 8.79. The molecule has 2 N–H and O–H groups in total. The van der Waals surface area contributed by atoms with Gasteiger partial charge in [-0.05, 0) is 36.2 Å². The molecule has 0 aliphatic carbocycles. The van der Waals surface area contributed by atoms with Crippen LogP contribution < -0.4 is 19.9 Å². The lowest BCUT2D eigenvalue weighted by atomic mass is 9.83. The van der Waals surface area contributed by atoms with Crippen LogP contribution in [-0.4, -0.2) is 17.5 Å². The maximum absolute atomic E-state index is 12.6. The number of hydrogen-bond acceptors (Lipinski definition) is 8. The summed E-state index contributed by atoms with van der Waals surface area (Å²) in [5.41, 5.74) is 7.71. The van der Waals surface area contributed by atoms with Crippen molar-refractivity contribution in [1.82, 2.24) is 0 Å². The van der Waals surface area contributed by atoms with Crippen molar-refractivity contribution in [3.8, 4) is 23.3 Å². The van der Waals surface area contributed by atoms with E-state index in [1.807, 2.05) is 24.3 Å². The highest BCUT2D eigenvalue weighted by atomic mass is 16.6. The summed E-state index contributed by atoms with van der Waals surface area (Å²) < 4.78 is 17.0. The molecule has 1 aliphatic heterocycles. The first-order chi connectivity index (χ1) is 18.9. The number of nitrogens with zero attached hydrogens (tertiary/aromatic N) is 2. The van der Waals surface area contributed by atoms with Crippen LogP contribution in [0.5, 0.6) is 17.2 Å². The van der Waals surface area contributed by atoms with Crippen LogP contribution >= 0.6 is 0 Å². The van der Waals surface area contributed by atoms with E-state index in [-0.39, 0.29) is 28.5 Å². The summed E-state index contributed by atoms with van der Waals surface area (Å²) in [4.78, 5) is 23.0. The topological polar surface area (TPSA) is 138 Å². The average Bonchev–Trinajstić information content (AvgIpc) is 2.94. The molecule has 0 saturated heterocycles. The molecule has 0 amide bonds. The van der Waals surface area contributed by atoms with Crippen molar-refractivity contribution in [2.24, 2.45) is 5.73 Å². The number of carbonyl (C=O) groups is 1. The highest BCUT2D eigenvalue weighted by molar-refractivity contribution is 5.91. The summed E-state index contributed by atoms with van der Waals surface area (Å²) in [7, 11) is 0. The van der Waals surface area contributed by atoms with Crippen LogP contribution in [-0.2, 0) is 0 Å². The van der Waals surface area contributed by atoms with Crippen LogP contribution in [0, 0.1) is 21.4 Å². The van der Waals surface area contributed by atoms with Crippen molar-refractivity contribution in [3.63, 3.8) is 0 Å². The van der Waals surface area contributed by atoms with Gasteiger partial charge in [-0.25, -0.2) is 4.79 Å². The van der Waals surface area contributed by atoms with E-state index in [1.54, 1.807) is 12.1 Å². The first kappa shape index (κ1) is 27.2. The Morgan fingerprint density at radius 2 is 1.79 bits per heavy atom. The van der Waals surface area contributed by atoms with Crippen LogP contribution in [0.15, 0.2) is 78.2 Å². The SMILES string of the molecule is CCCCCCCOc1ccc(C2C(C#N)=C(N)Oc3cc(OC(=O)c4cccc([N+](=O)[O-])c4)ccc32)cc1. The lowest BCUT2D eigenvalue weighted by Crippen LogP contribution is -2.21. The van der Waals surface area contributed by atoms with Gasteiger partial charge in [0.05, 0.1) is 23.0 Å². The molecule has 0 fully saturated rings. The van der Waals surface area contributed by atoms with Crippen LogP contribution in [0.4, 0.5) is 5.69 Å². The summed E-state index contributed by atoms with van der Waals surface area (Å²) in [6.07, 6.45) is 5.79. The minimum absolute atomic E-state index is 0.0372. The number of fused-ring (bicyclic) bond motifs is 1. The average molecular weight is 528 g/mol. The van der Waals surface area contributed by atoms with E-state index in [0.717, 1.165) is 30.2 Å². The second-order valence-corrected chi connectivity index (χ2v) is 9.15. The van der Waals surface area contributed by atoms with Crippen molar-refractivity contribution >= 4 is 11.7 Å². The van der Waals surface area contributed by atoms with Gasteiger partial charge in [0.25, 0.3) is 5.69 Å². The zero-order valence-electron chi connectivity index (χ0n) is 21.6. The van der Waals surface area contributed by atoms with Crippen molar-refractivity contribution in [2.45, 2.75) is 44.9 Å². The van der Waals surface area contributed by atoms with E-state index in [2.05, 4.69) is 13.0 Å². The lowest BCUT2D eigenvalue weighted by Gasteiger charge is -2.26. The van der Waals surface area contributed by atoms with Gasteiger partial charge in [0.1, 0.15) is 28.9 Å². The number of benzene rings is 3. The quantitative estimate of drug-likeness (QED) is 0.0996. The van der Waals surface area contributed by atoms with Crippen molar-refractivity contribution in [3.05, 3.63) is 105 Å². The number of unbranched alkanes of at least 4 members (excludes halogenated alkanes) is 4. The number of nitrogens with two attached hydrogens (primary N) is 1. The third kappa shape index (κ3) is 6.54. The standard InChI is InChI=1S/C30H29N3O6/c1-2-3-4-5-6-16-37-23-12-10-20(11-13-23)28-25-15-14-24(18-27(25)39-29(32)26(28)19-31)38-30(34)21-8-7-9-22(17-21)33(35)36/h7-15,17-18,28H,2-6,16,32H2,1H3. The minimum Gasteiger partial charge on any atom is -0.494 e. The molecule has 9 heteroatoms. The number of carbonyl (C=O) groups excluding carboxylic acids is 1. The number of hydrogen-bond donors (Lipinski definition) is 1. The molecule has 1 heterocycles. The third-order valence-electron chi connectivity index (χ3n) is 6.42. The Morgan fingerprint density at radius 1 is 1.05 bits per heavy atom. The number of rotatable bonds is 11. The monoisotopic (exact) mass is 527 g/mol. The molecule has 1 unspecified atom stereocenters. The molecule has 3 aromatic carbocycles. The Balaban J connectivity index is 1.51. The van der Waals surface area contributed by atoms with Crippen LogP contribution in [0.3, 0.4) is 0 Å². The van der Waals surface area contributed by atoms with Gasteiger partial charge in [-0.3, -0.25) is 10.1 Å². The number of allylic oxidation sites excluding steroid dienone is 1. The summed E-state index contributed by atoms with van der Waals surface area (Å²) in [6.45, 7) is 2.84. The van der Waals surface area contributed by atoms with Gasteiger partial charge in [-0.2, -0.15) is 5.26 Å². The fourth-order valence-corrected chi connectivity index (χ4v) is 4.41. The molecule has 4 rings (SSSR count). The lowest BCUT2D eigenvalue weighted by molar-refractivity contribution is -0.384. The zero-order valence-corrected chi connectivity index (χ0v) is 21.6. The summed E-state index contributed by atoms with van der Waals surface area (Å²) in [5, 5.41) is 20.9. The first-order valence-corrected chi connectivity index (χ1v) is 12.8. The molecule has 0 bridgehead atoms. The van der Waals surface area contributed by atoms with Crippen molar-refractivity contribution in [1.29, 1.82) is 5.26 Å². The summed E-state index contributed by atoms with van der Waals surface area (Å²) in [5.74, 6) is -0.0188. The van der Waals surface area contributed by atoms with E-state index in [1.165, 1.54) is 43.5 Å². The van der Waals surface area contributed by atoms with Gasteiger partial charge in [-0.15, -0.1) is 0 Å². The summed E-state index contributed by atoms with van der Waals surface area (Å²) >= 11 is 0. The Morgan fingerprint density at radius 3 is 2.51 bits per heavy atom. The predicted octanol–water partition coefficient (Wildman–Crippen LogP) is 6.38. The van der Waals surface area contributed by atoms with Crippen LogP contribution in [0.2, 0.25) is 0 Å². The van der Waals surface area contributed by atoms with Gasteiger partial charge < -0.3 is 19.9 Å². The maximum atomic E-state index is 12.6. The maximum Gasteiger partial charge on any atom is 0.343 e. The highest BCUT2D eigenvalue weighted by Gasteiger charge is 2.31. The van der Waals surface area contributed by atoms with Gasteiger partial charge in [0.2, 0.25) is 5.88 Å².